The van der Waals surface area contributed by atoms with E-state index in [1.54, 1.807) is 0 Å². The number of nitrogens with zero attached hydrogens (tertiary/aromatic N) is 2. The van der Waals surface area contributed by atoms with Gasteiger partial charge in [-0.15, -0.1) is 0 Å². The molecule has 0 saturated carbocycles. The lowest BCUT2D eigenvalue weighted by Gasteiger charge is -2.16. The monoisotopic (exact) mass is 290 g/mol. The number of anilines is 1. The Bertz CT molecular complexity index is 574. The Morgan fingerprint density at radius 3 is 2.63 bits per heavy atom. The van der Waals surface area contributed by atoms with Crippen LogP contribution in [0.4, 0.5) is 11.4 Å². The van der Waals surface area contributed by atoms with Crippen molar-refractivity contribution >= 4 is 21.4 Å². The highest BCUT2D eigenvalue weighted by molar-refractivity contribution is 7.89. The van der Waals surface area contributed by atoms with E-state index in [0.29, 0.717) is 0 Å². The second-order valence-electron chi connectivity index (χ2n) is 3.60. The predicted octanol–water partition coefficient (Wildman–Crippen LogP) is -0.507. The van der Waals surface area contributed by atoms with Gasteiger partial charge in [0.15, 0.2) is 4.90 Å². The molecule has 10 heteroatoms. The first-order chi connectivity index (χ1) is 8.86. The number of aliphatic hydroxyl groups is 1. The van der Waals surface area contributed by atoms with Gasteiger partial charge in [-0.3, -0.25) is 16.0 Å². The first-order valence-corrected chi connectivity index (χ1v) is 6.61. The third kappa shape index (κ3) is 2.98. The van der Waals surface area contributed by atoms with Gasteiger partial charge < -0.3 is 10.5 Å². The van der Waals surface area contributed by atoms with Crippen molar-refractivity contribution in [3.8, 4) is 0 Å². The summed E-state index contributed by atoms with van der Waals surface area (Å²) < 4.78 is 25.1. The van der Waals surface area contributed by atoms with Gasteiger partial charge >= 0.3 is 5.69 Å². The van der Waals surface area contributed by atoms with Crippen LogP contribution in [0.15, 0.2) is 23.1 Å². The van der Waals surface area contributed by atoms with Crippen LogP contribution in [0.25, 0.3) is 0 Å². The van der Waals surface area contributed by atoms with Crippen molar-refractivity contribution in [1.29, 1.82) is 0 Å². The molecule has 1 aromatic rings. The average molecular weight is 290 g/mol. The standard InChI is InChI=1S/C9H14N4O5S/c1-12(5-6-14)19(17,18)8-4-2-3-7(11-10)9(8)13(15)16/h2-4,11,14H,5-6,10H2,1H3. The van der Waals surface area contributed by atoms with E-state index < -0.39 is 32.1 Å². The molecule has 0 aliphatic carbocycles. The molecule has 0 bridgehead atoms. The van der Waals surface area contributed by atoms with E-state index in [2.05, 4.69) is 5.43 Å². The molecule has 1 aromatic carbocycles. The quantitative estimate of drug-likeness (QED) is 0.364. The Hall–Kier alpha value is -1.75. The number of nitrogens with two attached hydrogens (primary N) is 1. The topological polar surface area (TPSA) is 139 Å². The van der Waals surface area contributed by atoms with Crippen LogP contribution in [-0.4, -0.2) is 43.0 Å². The Labute approximate surface area is 109 Å². The molecule has 0 aromatic heterocycles. The van der Waals surface area contributed by atoms with E-state index in [4.69, 9.17) is 10.9 Å². The van der Waals surface area contributed by atoms with E-state index in [0.717, 1.165) is 10.4 Å². The largest absolute Gasteiger partial charge is 0.395 e. The molecular weight excluding hydrogens is 276 g/mol. The van der Waals surface area contributed by atoms with E-state index in [9.17, 15) is 18.5 Å². The predicted molar refractivity (Wildman–Crippen MR) is 67.8 cm³/mol. The molecule has 0 heterocycles. The van der Waals surface area contributed by atoms with Gasteiger partial charge in [0, 0.05) is 13.6 Å². The highest BCUT2D eigenvalue weighted by Crippen LogP contribution is 2.32. The summed E-state index contributed by atoms with van der Waals surface area (Å²) in [6.07, 6.45) is 0. The fourth-order valence-electron chi connectivity index (χ4n) is 1.46. The van der Waals surface area contributed by atoms with Gasteiger partial charge in [-0.1, -0.05) is 6.07 Å². The fourth-order valence-corrected chi connectivity index (χ4v) is 2.80. The SMILES string of the molecule is CN(CCO)S(=O)(=O)c1cccc(NN)c1[N+](=O)[O-]. The third-order valence-corrected chi connectivity index (χ3v) is 4.33. The summed E-state index contributed by atoms with van der Waals surface area (Å²) in [4.78, 5) is 9.70. The molecule has 0 saturated heterocycles. The number of aliphatic hydroxyl groups excluding tert-OH is 1. The first kappa shape index (κ1) is 15.3. The second-order valence-corrected chi connectivity index (χ2v) is 5.62. The summed E-state index contributed by atoms with van der Waals surface area (Å²) in [6, 6.07) is 3.74. The number of likely N-dealkylation sites (N-methyl/N-ethyl adjacent to an activating group) is 1. The van der Waals surface area contributed by atoms with Crippen molar-refractivity contribution in [3.63, 3.8) is 0 Å². The minimum absolute atomic E-state index is 0.108. The van der Waals surface area contributed by atoms with Crippen LogP contribution in [-0.2, 0) is 10.0 Å². The number of hydrogen-bond donors (Lipinski definition) is 3. The third-order valence-electron chi connectivity index (χ3n) is 2.44. The number of nitrogen functional groups attached to an aromatic ring is 1. The summed E-state index contributed by atoms with van der Waals surface area (Å²) in [5.41, 5.74) is 1.35. The van der Waals surface area contributed by atoms with Gasteiger partial charge in [0.25, 0.3) is 0 Å². The average Bonchev–Trinajstić information content (AvgIpc) is 2.37. The Balaban J connectivity index is 3.46. The Morgan fingerprint density at radius 1 is 1.53 bits per heavy atom. The molecule has 0 atom stereocenters. The van der Waals surface area contributed by atoms with E-state index in [1.807, 2.05) is 0 Å². The van der Waals surface area contributed by atoms with Crippen molar-refractivity contribution in [2.75, 3.05) is 25.6 Å². The molecule has 0 aliphatic heterocycles. The molecule has 0 aliphatic rings. The zero-order valence-electron chi connectivity index (χ0n) is 10.1. The van der Waals surface area contributed by atoms with Crippen LogP contribution in [0.2, 0.25) is 0 Å². The Morgan fingerprint density at radius 2 is 2.16 bits per heavy atom. The smallest absolute Gasteiger partial charge is 0.313 e. The minimum atomic E-state index is -4.07. The maximum absolute atomic E-state index is 12.2. The van der Waals surface area contributed by atoms with Crippen molar-refractivity contribution in [3.05, 3.63) is 28.3 Å². The Kier molecular flexibility index (Phi) is 4.78. The number of hydrogen-bond acceptors (Lipinski definition) is 7. The van der Waals surface area contributed by atoms with E-state index in [-0.39, 0.29) is 12.2 Å². The highest BCUT2D eigenvalue weighted by atomic mass is 32.2. The van der Waals surface area contributed by atoms with Crippen LogP contribution < -0.4 is 11.3 Å². The van der Waals surface area contributed by atoms with Gasteiger partial charge in [-0.05, 0) is 12.1 Å². The van der Waals surface area contributed by atoms with Crippen LogP contribution in [0.1, 0.15) is 0 Å². The number of sulfonamides is 1. The van der Waals surface area contributed by atoms with Gasteiger partial charge in [0.1, 0.15) is 5.69 Å². The molecule has 0 fully saturated rings. The van der Waals surface area contributed by atoms with Crippen molar-refractivity contribution in [1.82, 2.24) is 4.31 Å². The number of nitro benzene ring substituents is 1. The lowest BCUT2D eigenvalue weighted by molar-refractivity contribution is -0.386. The van der Waals surface area contributed by atoms with Crippen LogP contribution >= 0.6 is 0 Å². The summed E-state index contributed by atoms with van der Waals surface area (Å²) in [5, 5.41) is 19.8. The molecule has 9 nitrogen and oxygen atoms in total. The zero-order valence-corrected chi connectivity index (χ0v) is 10.9. The van der Waals surface area contributed by atoms with E-state index >= 15 is 0 Å². The molecule has 0 radical (unpaired) electrons. The molecule has 0 unspecified atom stereocenters. The summed E-state index contributed by atoms with van der Waals surface area (Å²) in [7, 11) is -2.85. The zero-order chi connectivity index (χ0) is 14.6. The summed E-state index contributed by atoms with van der Waals surface area (Å²) in [6.45, 7) is -0.557. The lowest BCUT2D eigenvalue weighted by Crippen LogP contribution is -2.30. The van der Waals surface area contributed by atoms with Crippen molar-refractivity contribution in [2.24, 2.45) is 5.84 Å². The molecular formula is C9H14N4O5S. The van der Waals surface area contributed by atoms with Gasteiger partial charge in [0.05, 0.1) is 11.5 Å². The van der Waals surface area contributed by atoms with Crippen LogP contribution in [0, 0.1) is 10.1 Å². The second kappa shape index (κ2) is 5.93. The summed E-state index contributed by atoms with van der Waals surface area (Å²) in [5.74, 6) is 5.13. The molecule has 0 spiro atoms. The number of benzene rings is 1. The van der Waals surface area contributed by atoms with E-state index in [1.165, 1.54) is 19.2 Å². The van der Waals surface area contributed by atoms with Crippen LogP contribution in [0.5, 0.6) is 0 Å². The van der Waals surface area contributed by atoms with Gasteiger partial charge in [-0.25, -0.2) is 8.42 Å². The molecule has 1 rings (SSSR count). The first-order valence-electron chi connectivity index (χ1n) is 5.17. The number of nitro groups is 1. The van der Waals surface area contributed by atoms with Crippen molar-refractivity contribution in [2.45, 2.75) is 4.90 Å². The molecule has 19 heavy (non-hydrogen) atoms. The van der Waals surface area contributed by atoms with Gasteiger partial charge in [-0.2, -0.15) is 4.31 Å². The maximum atomic E-state index is 12.2. The number of para-hydroxylation sites is 1. The molecule has 0 amide bonds. The van der Waals surface area contributed by atoms with Gasteiger partial charge in [0.2, 0.25) is 10.0 Å². The van der Waals surface area contributed by atoms with Crippen LogP contribution in [0.3, 0.4) is 0 Å². The lowest BCUT2D eigenvalue weighted by atomic mass is 10.3. The summed E-state index contributed by atoms with van der Waals surface area (Å²) >= 11 is 0. The minimum Gasteiger partial charge on any atom is -0.395 e. The molecule has 4 N–H and O–H groups in total. The number of hydrazine groups is 1. The fraction of sp³-hybridized carbons (Fsp3) is 0.333. The number of nitrogens with one attached hydrogen (secondary N) is 1. The highest BCUT2D eigenvalue weighted by Gasteiger charge is 2.31. The van der Waals surface area contributed by atoms with Crippen molar-refractivity contribution < 1.29 is 18.4 Å². The maximum Gasteiger partial charge on any atom is 0.313 e. The normalized spacial score (nSPS) is 11.6. The molecule has 106 valence electrons. The number of rotatable bonds is 6.